The third kappa shape index (κ3) is 4.24. The average Bonchev–Trinajstić information content (AvgIpc) is 2.83. The van der Waals surface area contributed by atoms with Gasteiger partial charge in [0.05, 0.1) is 6.61 Å². The summed E-state index contributed by atoms with van der Waals surface area (Å²) in [4.78, 5) is 13.7. The first kappa shape index (κ1) is 16.4. The Hall–Kier alpha value is -1.00. The summed E-state index contributed by atoms with van der Waals surface area (Å²) in [5.74, 6) is -0.0881. The first-order chi connectivity index (χ1) is 10.1. The Labute approximate surface area is 131 Å². The number of hydrogen-bond acceptors (Lipinski definition) is 4. The predicted molar refractivity (Wildman–Crippen MR) is 87.6 cm³/mol. The number of nitrogens with one attached hydrogen (secondary N) is 1. The SMILES string of the molecule is CCOC(=O)C1(NC(C)C)CCC(Sc2ccccc2)C1. The lowest BCUT2D eigenvalue weighted by Gasteiger charge is -2.30. The predicted octanol–water partition coefficient (Wildman–Crippen LogP) is 3.63. The fourth-order valence-corrected chi connectivity index (χ4v) is 4.29. The maximum absolute atomic E-state index is 12.4. The quantitative estimate of drug-likeness (QED) is 0.815. The fraction of sp³-hybridized carbons (Fsp3) is 0.588. The molecule has 116 valence electrons. The Morgan fingerprint density at radius 2 is 2.14 bits per heavy atom. The molecule has 0 radical (unpaired) electrons. The van der Waals surface area contributed by atoms with Crippen LogP contribution >= 0.6 is 11.8 Å². The minimum atomic E-state index is -0.503. The topological polar surface area (TPSA) is 38.3 Å². The van der Waals surface area contributed by atoms with Crippen LogP contribution in [-0.4, -0.2) is 29.4 Å². The Morgan fingerprint density at radius 1 is 1.43 bits per heavy atom. The van der Waals surface area contributed by atoms with Gasteiger partial charge in [-0.2, -0.15) is 0 Å². The Bertz CT molecular complexity index is 463. The Balaban J connectivity index is 2.05. The first-order valence-corrected chi connectivity index (χ1v) is 8.60. The summed E-state index contributed by atoms with van der Waals surface area (Å²) in [5, 5.41) is 3.93. The first-order valence-electron chi connectivity index (χ1n) is 7.72. The zero-order valence-corrected chi connectivity index (χ0v) is 13.9. The molecule has 1 saturated carbocycles. The molecule has 2 unspecified atom stereocenters. The van der Waals surface area contributed by atoms with Gasteiger partial charge in [0.1, 0.15) is 5.54 Å². The van der Waals surface area contributed by atoms with Crippen molar-refractivity contribution in [1.82, 2.24) is 5.32 Å². The molecule has 0 aromatic heterocycles. The van der Waals surface area contributed by atoms with E-state index < -0.39 is 5.54 Å². The monoisotopic (exact) mass is 307 g/mol. The van der Waals surface area contributed by atoms with E-state index >= 15 is 0 Å². The molecule has 0 saturated heterocycles. The van der Waals surface area contributed by atoms with Gasteiger partial charge in [0.15, 0.2) is 0 Å². The molecule has 1 aromatic rings. The number of benzene rings is 1. The van der Waals surface area contributed by atoms with Crippen molar-refractivity contribution in [3.8, 4) is 0 Å². The van der Waals surface area contributed by atoms with Crippen LogP contribution < -0.4 is 5.32 Å². The van der Waals surface area contributed by atoms with Crippen molar-refractivity contribution in [3.63, 3.8) is 0 Å². The van der Waals surface area contributed by atoms with Crippen molar-refractivity contribution in [2.75, 3.05) is 6.61 Å². The lowest BCUT2D eigenvalue weighted by atomic mass is 9.96. The molecule has 4 heteroatoms. The van der Waals surface area contributed by atoms with Gasteiger partial charge in [-0.1, -0.05) is 18.2 Å². The maximum atomic E-state index is 12.4. The summed E-state index contributed by atoms with van der Waals surface area (Å²) < 4.78 is 5.32. The van der Waals surface area contributed by atoms with Crippen molar-refractivity contribution in [2.24, 2.45) is 0 Å². The summed E-state index contributed by atoms with van der Waals surface area (Å²) >= 11 is 1.87. The molecule has 3 nitrogen and oxygen atoms in total. The van der Waals surface area contributed by atoms with E-state index in [-0.39, 0.29) is 12.0 Å². The highest BCUT2D eigenvalue weighted by Gasteiger charge is 2.46. The molecular formula is C17H25NO2S. The van der Waals surface area contributed by atoms with Crippen LogP contribution in [0.15, 0.2) is 35.2 Å². The van der Waals surface area contributed by atoms with Crippen molar-refractivity contribution in [1.29, 1.82) is 0 Å². The van der Waals surface area contributed by atoms with Gasteiger partial charge in [0.2, 0.25) is 0 Å². The maximum Gasteiger partial charge on any atom is 0.326 e. The van der Waals surface area contributed by atoms with Gasteiger partial charge in [-0.15, -0.1) is 11.8 Å². The largest absolute Gasteiger partial charge is 0.465 e. The van der Waals surface area contributed by atoms with Crippen LogP contribution in [0.3, 0.4) is 0 Å². The summed E-state index contributed by atoms with van der Waals surface area (Å²) in [6.45, 7) is 6.47. The van der Waals surface area contributed by atoms with E-state index in [2.05, 4.69) is 43.4 Å². The zero-order valence-electron chi connectivity index (χ0n) is 13.1. The normalized spacial score (nSPS) is 25.2. The van der Waals surface area contributed by atoms with Crippen molar-refractivity contribution >= 4 is 17.7 Å². The number of hydrogen-bond donors (Lipinski definition) is 1. The molecule has 1 aliphatic rings. The molecule has 0 spiro atoms. The summed E-state index contributed by atoms with van der Waals surface area (Å²) in [6.07, 6.45) is 2.73. The number of carbonyl (C=O) groups is 1. The van der Waals surface area contributed by atoms with Gasteiger partial charge in [-0.25, -0.2) is 0 Å². The summed E-state index contributed by atoms with van der Waals surface area (Å²) in [7, 11) is 0. The molecule has 0 heterocycles. The minimum Gasteiger partial charge on any atom is -0.465 e. The van der Waals surface area contributed by atoms with E-state index in [9.17, 15) is 4.79 Å². The molecule has 0 bridgehead atoms. The lowest BCUT2D eigenvalue weighted by molar-refractivity contribution is -0.151. The second kappa shape index (κ2) is 7.32. The molecule has 1 aliphatic carbocycles. The standard InChI is InChI=1S/C17H25NO2S/c1-4-20-16(19)17(18-13(2)3)11-10-15(12-17)21-14-8-6-5-7-9-14/h5-9,13,15,18H,4,10-12H2,1-3H3. The summed E-state index contributed by atoms with van der Waals surface area (Å²) in [5.41, 5.74) is -0.503. The Morgan fingerprint density at radius 3 is 2.76 bits per heavy atom. The van der Waals surface area contributed by atoms with E-state index in [0.29, 0.717) is 11.9 Å². The van der Waals surface area contributed by atoms with Gasteiger partial charge in [0, 0.05) is 16.2 Å². The number of carbonyl (C=O) groups excluding carboxylic acids is 1. The van der Waals surface area contributed by atoms with Crippen LogP contribution in [-0.2, 0) is 9.53 Å². The molecule has 1 N–H and O–H groups in total. The number of rotatable bonds is 6. The second-order valence-electron chi connectivity index (χ2n) is 5.90. The van der Waals surface area contributed by atoms with Crippen molar-refractivity contribution in [3.05, 3.63) is 30.3 Å². The minimum absolute atomic E-state index is 0.0881. The highest BCUT2D eigenvalue weighted by molar-refractivity contribution is 8.00. The molecular weight excluding hydrogens is 282 g/mol. The highest BCUT2D eigenvalue weighted by Crippen LogP contribution is 2.41. The van der Waals surface area contributed by atoms with Gasteiger partial charge in [0.25, 0.3) is 0 Å². The van der Waals surface area contributed by atoms with Gasteiger partial charge >= 0.3 is 5.97 Å². The smallest absolute Gasteiger partial charge is 0.326 e. The lowest BCUT2D eigenvalue weighted by Crippen LogP contribution is -2.54. The van der Waals surface area contributed by atoms with Gasteiger partial charge in [-0.05, 0) is 52.2 Å². The van der Waals surface area contributed by atoms with E-state index in [1.807, 2.05) is 24.8 Å². The van der Waals surface area contributed by atoms with E-state index in [1.54, 1.807) is 0 Å². The second-order valence-corrected chi connectivity index (χ2v) is 7.27. The Kier molecular flexibility index (Phi) is 5.71. The number of ether oxygens (including phenoxy) is 1. The summed E-state index contributed by atoms with van der Waals surface area (Å²) in [6, 6.07) is 10.7. The molecule has 1 aromatic carbocycles. The van der Waals surface area contributed by atoms with E-state index in [1.165, 1.54) is 4.90 Å². The van der Waals surface area contributed by atoms with Gasteiger partial charge < -0.3 is 4.74 Å². The third-order valence-electron chi connectivity index (χ3n) is 3.75. The third-order valence-corrected chi connectivity index (χ3v) is 5.03. The van der Waals surface area contributed by atoms with Crippen molar-refractivity contribution in [2.45, 2.75) is 61.8 Å². The van der Waals surface area contributed by atoms with E-state index in [0.717, 1.165) is 19.3 Å². The van der Waals surface area contributed by atoms with Crippen molar-refractivity contribution < 1.29 is 9.53 Å². The van der Waals surface area contributed by atoms with E-state index in [4.69, 9.17) is 4.74 Å². The number of thioether (sulfide) groups is 1. The number of esters is 1. The average molecular weight is 307 g/mol. The van der Waals surface area contributed by atoms with Crippen LogP contribution in [0.5, 0.6) is 0 Å². The van der Waals surface area contributed by atoms with Crippen LogP contribution in [0, 0.1) is 0 Å². The zero-order chi connectivity index (χ0) is 15.3. The van der Waals surface area contributed by atoms with Crippen LogP contribution in [0.25, 0.3) is 0 Å². The van der Waals surface area contributed by atoms with Crippen LogP contribution in [0.2, 0.25) is 0 Å². The molecule has 2 atom stereocenters. The molecule has 1 fully saturated rings. The molecule has 0 amide bonds. The highest BCUT2D eigenvalue weighted by atomic mass is 32.2. The molecule has 2 rings (SSSR count). The molecule has 0 aliphatic heterocycles. The fourth-order valence-electron chi connectivity index (χ4n) is 2.99. The van der Waals surface area contributed by atoms with Crippen LogP contribution in [0.1, 0.15) is 40.0 Å². The van der Waals surface area contributed by atoms with Crippen LogP contribution in [0.4, 0.5) is 0 Å². The molecule has 21 heavy (non-hydrogen) atoms. The van der Waals surface area contributed by atoms with Gasteiger partial charge in [-0.3, -0.25) is 10.1 Å².